The Morgan fingerprint density at radius 1 is 1.07 bits per heavy atom. The Hall–Kier alpha value is -3.13. The van der Waals surface area contributed by atoms with Crippen LogP contribution in [0.1, 0.15) is 5.56 Å². The Kier molecular flexibility index (Phi) is 4.19. The van der Waals surface area contributed by atoms with Gasteiger partial charge in [0, 0.05) is 17.3 Å². The molecule has 0 spiro atoms. The molecule has 0 fully saturated rings. The Labute approximate surface area is 156 Å². The van der Waals surface area contributed by atoms with Crippen LogP contribution in [0.25, 0.3) is 32.0 Å². The minimum Gasteiger partial charge on any atom is -0.505 e. The summed E-state index contributed by atoms with van der Waals surface area (Å²) in [5, 5.41) is 10.2. The molecule has 0 unspecified atom stereocenters. The van der Waals surface area contributed by atoms with Gasteiger partial charge >= 0.3 is 0 Å². The molecule has 136 valence electrons. The Morgan fingerprint density at radius 3 is 2.63 bits per heavy atom. The number of hydrogen-bond acceptors (Lipinski definition) is 6. The molecule has 0 bridgehead atoms. The summed E-state index contributed by atoms with van der Waals surface area (Å²) in [5.74, 6) is -2.70. The Morgan fingerprint density at radius 2 is 1.89 bits per heavy atom. The van der Waals surface area contributed by atoms with Gasteiger partial charge in [-0.2, -0.15) is 4.39 Å². The molecule has 0 atom stereocenters. The number of methoxy groups -OCH3 is 1. The first-order valence-corrected chi connectivity index (χ1v) is 8.74. The summed E-state index contributed by atoms with van der Waals surface area (Å²) in [6.07, 6.45) is 3.08. The minimum absolute atomic E-state index is 0.347. The summed E-state index contributed by atoms with van der Waals surface area (Å²) in [4.78, 5) is 13.8. The molecule has 27 heavy (non-hydrogen) atoms. The minimum atomic E-state index is -1.27. The predicted octanol–water partition coefficient (Wildman–Crippen LogP) is 4.72. The van der Waals surface area contributed by atoms with Gasteiger partial charge in [0.2, 0.25) is 5.88 Å². The van der Waals surface area contributed by atoms with Gasteiger partial charge in [0.05, 0.1) is 29.2 Å². The molecule has 0 amide bonds. The number of aryl methyl sites for hydroxylation is 1. The zero-order chi connectivity index (χ0) is 19.1. The normalized spacial score (nSPS) is 11.1. The number of ether oxygens (including phenoxy) is 1. The Bertz CT molecular complexity index is 1150. The molecule has 1 N–H and O–H groups in total. The quantitative estimate of drug-likeness (QED) is 0.553. The molecular weight excluding hydrogens is 372 g/mol. The third kappa shape index (κ3) is 3.08. The lowest BCUT2D eigenvalue weighted by molar-refractivity contribution is 0.397. The summed E-state index contributed by atoms with van der Waals surface area (Å²) in [5.41, 5.74) is 3.44. The van der Waals surface area contributed by atoms with Crippen molar-refractivity contribution in [3.63, 3.8) is 0 Å². The second kappa shape index (κ2) is 6.55. The fourth-order valence-corrected chi connectivity index (χ4v) is 3.68. The average molecular weight is 385 g/mol. The van der Waals surface area contributed by atoms with E-state index in [9.17, 15) is 13.9 Å². The van der Waals surface area contributed by atoms with Crippen LogP contribution in [0, 0.1) is 18.6 Å². The smallest absolute Gasteiger partial charge is 0.232 e. The van der Waals surface area contributed by atoms with Crippen LogP contribution in [0.4, 0.5) is 8.78 Å². The van der Waals surface area contributed by atoms with Crippen molar-refractivity contribution in [3.05, 3.63) is 53.9 Å². The molecule has 4 aromatic rings. The molecule has 0 saturated heterocycles. The van der Waals surface area contributed by atoms with Crippen LogP contribution in [0.2, 0.25) is 0 Å². The number of thiazole rings is 1. The summed E-state index contributed by atoms with van der Waals surface area (Å²) >= 11 is 1.29. The van der Waals surface area contributed by atoms with Gasteiger partial charge in [-0.15, -0.1) is 11.3 Å². The number of hydrogen-bond donors (Lipinski definition) is 1. The second-order valence-electron chi connectivity index (χ2n) is 5.91. The third-order valence-electron chi connectivity index (χ3n) is 4.01. The molecule has 4 rings (SSSR count). The van der Waals surface area contributed by atoms with E-state index in [1.807, 2.05) is 19.1 Å². The number of phenols is 1. The van der Waals surface area contributed by atoms with E-state index < -0.39 is 17.4 Å². The lowest BCUT2D eigenvalue weighted by atomic mass is 10.1. The second-order valence-corrected chi connectivity index (χ2v) is 6.94. The van der Waals surface area contributed by atoms with Crippen molar-refractivity contribution >= 4 is 22.4 Å². The van der Waals surface area contributed by atoms with E-state index in [0.717, 1.165) is 17.2 Å². The molecule has 5 nitrogen and oxygen atoms in total. The van der Waals surface area contributed by atoms with Crippen molar-refractivity contribution in [2.45, 2.75) is 6.92 Å². The summed E-state index contributed by atoms with van der Waals surface area (Å²) < 4.78 is 32.0. The van der Waals surface area contributed by atoms with Crippen LogP contribution < -0.4 is 4.74 Å². The topological polar surface area (TPSA) is 68.1 Å². The van der Waals surface area contributed by atoms with E-state index in [1.54, 1.807) is 6.20 Å². The zero-order valence-electron chi connectivity index (χ0n) is 14.3. The van der Waals surface area contributed by atoms with Crippen molar-refractivity contribution in [3.8, 4) is 32.6 Å². The van der Waals surface area contributed by atoms with Crippen LogP contribution >= 0.6 is 11.3 Å². The molecule has 8 heteroatoms. The fraction of sp³-hybridized carbons (Fsp3) is 0.105. The van der Waals surface area contributed by atoms with E-state index in [-0.39, 0.29) is 0 Å². The first-order valence-electron chi connectivity index (χ1n) is 7.92. The van der Waals surface area contributed by atoms with Gasteiger partial charge in [0.15, 0.2) is 17.4 Å². The maximum Gasteiger partial charge on any atom is 0.232 e. The highest BCUT2D eigenvalue weighted by Crippen LogP contribution is 2.37. The third-order valence-corrected chi connectivity index (χ3v) is 5.09. The van der Waals surface area contributed by atoms with Crippen molar-refractivity contribution in [2.24, 2.45) is 0 Å². The van der Waals surface area contributed by atoms with Gasteiger partial charge in [0.1, 0.15) is 5.01 Å². The van der Waals surface area contributed by atoms with Gasteiger partial charge in [-0.05, 0) is 36.8 Å². The predicted molar refractivity (Wildman–Crippen MR) is 99.0 cm³/mol. The molecule has 0 aliphatic rings. The molecule has 0 aliphatic heterocycles. The maximum absolute atomic E-state index is 13.6. The number of fused-ring (bicyclic) bond motifs is 1. The van der Waals surface area contributed by atoms with Gasteiger partial charge in [-0.3, -0.25) is 0 Å². The number of nitrogens with zero attached hydrogens (tertiary/aromatic N) is 3. The largest absolute Gasteiger partial charge is 0.505 e. The lowest BCUT2D eigenvalue weighted by Crippen LogP contribution is -1.93. The molecule has 2 heterocycles. The zero-order valence-corrected chi connectivity index (χ0v) is 15.1. The molecule has 2 aromatic carbocycles. The summed E-state index contributed by atoms with van der Waals surface area (Å²) in [6, 6.07) is 6.05. The number of aromatic nitrogens is 3. The van der Waals surface area contributed by atoms with Gasteiger partial charge in [-0.25, -0.2) is 19.3 Å². The lowest BCUT2D eigenvalue weighted by Gasteiger charge is -2.06. The van der Waals surface area contributed by atoms with Crippen LogP contribution in [0.5, 0.6) is 11.6 Å². The highest BCUT2D eigenvalue weighted by atomic mass is 32.1. The van der Waals surface area contributed by atoms with Gasteiger partial charge in [0.25, 0.3) is 0 Å². The van der Waals surface area contributed by atoms with Crippen LogP contribution in [-0.4, -0.2) is 27.2 Å². The molecule has 0 saturated carbocycles. The first kappa shape index (κ1) is 17.3. The SMILES string of the molecule is COc1cnc2c(-c3ncc(-c4cc(O)c(F)c(F)c4)s3)cc(C)cc2n1. The Balaban J connectivity index is 1.84. The fourth-order valence-electron chi connectivity index (χ4n) is 2.76. The standard InChI is InChI=1S/C19H13F2N3O2S/c1-9-3-11(18-13(4-9)24-16(26-2)8-22-18)19-23-7-15(27-19)10-5-12(20)17(21)14(25)6-10/h3-8,25H,1-2H3. The average Bonchev–Trinajstić information content (AvgIpc) is 3.14. The number of benzene rings is 2. The summed E-state index contributed by atoms with van der Waals surface area (Å²) in [7, 11) is 1.52. The summed E-state index contributed by atoms with van der Waals surface area (Å²) in [6.45, 7) is 1.94. The van der Waals surface area contributed by atoms with Crippen molar-refractivity contribution < 1.29 is 18.6 Å². The van der Waals surface area contributed by atoms with E-state index in [1.165, 1.54) is 30.7 Å². The molecular formula is C19H13F2N3O2S. The highest BCUT2D eigenvalue weighted by Gasteiger charge is 2.16. The van der Waals surface area contributed by atoms with Crippen molar-refractivity contribution in [1.29, 1.82) is 0 Å². The number of aromatic hydroxyl groups is 1. The van der Waals surface area contributed by atoms with Crippen molar-refractivity contribution in [1.82, 2.24) is 15.0 Å². The number of halogens is 2. The van der Waals surface area contributed by atoms with E-state index in [2.05, 4.69) is 15.0 Å². The monoisotopic (exact) mass is 385 g/mol. The maximum atomic E-state index is 13.6. The molecule has 0 aliphatic carbocycles. The van der Waals surface area contributed by atoms with Crippen LogP contribution in [0.3, 0.4) is 0 Å². The molecule has 2 aromatic heterocycles. The van der Waals surface area contributed by atoms with Crippen molar-refractivity contribution in [2.75, 3.05) is 7.11 Å². The van der Waals surface area contributed by atoms with Gasteiger partial charge in [-0.1, -0.05) is 0 Å². The van der Waals surface area contributed by atoms with E-state index >= 15 is 0 Å². The highest BCUT2D eigenvalue weighted by molar-refractivity contribution is 7.18. The van der Waals surface area contributed by atoms with E-state index in [0.29, 0.717) is 32.4 Å². The van der Waals surface area contributed by atoms with E-state index in [4.69, 9.17) is 4.74 Å². The van der Waals surface area contributed by atoms with Crippen LogP contribution in [0.15, 0.2) is 36.7 Å². The van der Waals surface area contributed by atoms with Crippen LogP contribution in [-0.2, 0) is 0 Å². The first-order chi connectivity index (χ1) is 13.0. The molecule has 0 radical (unpaired) electrons. The van der Waals surface area contributed by atoms with Gasteiger partial charge < -0.3 is 9.84 Å². The number of phenolic OH excluding ortho intramolecular Hbond substituents is 1. The number of rotatable bonds is 3.